The van der Waals surface area contributed by atoms with E-state index in [2.05, 4.69) is 15.3 Å². The van der Waals surface area contributed by atoms with E-state index in [1.807, 2.05) is 13.0 Å². The summed E-state index contributed by atoms with van der Waals surface area (Å²) in [4.78, 5) is 7.09. The number of H-pyrrole nitrogens is 1. The van der Waals surface area contributed by atoms with Crippen LogP contribution in [0.15, 0.2) is 24.4 Å². The smallest absolute Gasteiger partial charge is 0.147 e. The molecule has 0 aliphatic heterocycles. The number of rotatable bonds is 3. The number of aromatic nitrogens is 2. The van der Waals surface area contributed by atoms with Crippen molar-refractivity contribution in [2.75, 3.05) is 5.32 Å². The van der Waals surface area contributed by atoms with Gasteiger partial charge in [-0.1, -0.05) is 0 Å². The number of imidazole rings is 1. The number of hydrogen-bond acceptors (Lipinski definition) is 3. The molecule has 17 heavy (non-hydrogen) atoms. The van der Waals surface area contributed by atoms with E-state index in [1.165, 1.54) is 6.07 Å². The molecule has 2 aromatic rings. The minimum absolute atomic E-state index is 0.311. The van der Waals surface area contributed by atoms with Crippen molar-refractivity contribution in [1.29, 1.82) is 5.26 Å². The fraction of sp³-hybridized carbons (Fsp3) is 0.167. The number of nitriles is 1. The molecule has 0 fully saturated rings. The number of nitrogens with one attached hydrogen (secondary N) is 2. The van der Waals surface area contributed by atoms with Gasteiger partial charge in [0, 0.05) is 0 Å². The van der Waals surface area contributed by atoms with Crippen LogP contribution in [-0.2, 0) is 6.54 Å². The van der Waals surface area contributed by atoms with Crippen LogP contribution in [0.3, 0.4) is 0 Å². The number of nitrogens with zero attached hydrogens (tertiary/aromatic N) is 2. The van der Waals surface area contributed by atoms with Gasteiger partial charge in [-0.2, -0.15) is 5.26 Å². The van der Waals surface area contributed by atoms with Gasteiger partial charge >= 0.3 is 0 Å². The molecule has 0 saturated carbocycles. The maximum Gasteiger partial charge on any atom is 0.147 e. The molecule has 0 aliphatic carbocycles. The zero-order valence-corrected chi connectivity index (χ0v) is 9.29. The molecule has 0 atom stereocenters. The molecule has 0 aliphatic rings. The molecule has 86 valence electrons. The molecule has 0 amide bonds. The molecule has 0 spiro atoms. The summed E-state index contributed by atoms with van der Waals surface area (Å²) in [5.74, 6) is 0.391. The second kappa shape index (κ2) is 4.66. The first-order valence-electron chi connectivity index (χ1n) is 5.13. The minimum atomic E-state index is -0.430. The monoisotopic (exact) mass is 230 g/mol. The Hall–Kier alpha value is -2.35. The summed E-state index contributed by atoms with van der Waals surface area (Å²) in [7, 11) is 0. The maximum absolute atomic E-state index is 13.5. The zero-order chi connectivity index (χ0) is 12.3. The molecule has 2 rings (SSSR count). The van der Waals surface area contributed by atoms with Crippen LogP contribution in [0.4, 0.5) is 10.1 Å². The summed E-state index contributed by atoms with van der Waals surface area (Å²) >= 11 is 0. The fourth-order valence-electron chi connectivity index (χ4n) is 1.48. The lowest BCUT2D eigenvalue weighted by atomic mass is 10.2. The first kappa shape index (κ1) is 11.1. The van der Waals surface area contributed by atoms with Gasteiger partial charge in [-0.05, 0) is 25.1 Å². The highest BCUT2D eigenvalue weighted by Gasteiger charge is 2.03. The number of benzene rings is 1. The lowest BCUT2D eigenvalue weighted by Gasteiger charge is -2.06. The number of aryl methyl sites for hydroxylation is 1. The van der Waals surface area contributed by atoms with Gasteiger partial charge in [0.15, 0.2) is 0 Å². The zero-order valence-electron chi connectivity index (χ0n) is 9.29. The van der Waals surface area contributed by atoms with Crippen molar-refractivity contribution in [3.63, 3.8) is 0 Å². The fourth-order valence-corrected chi connectivity index (χ4v) is 1.48. The number of halogens is 1. The van der Waals surface area contributed by atoms with Crippen molar-refractivity contribution < 1.29 is 4.39 Å². The third-order valence-electron chi connectivity index (χ3n) is 2.32. The highest BCUT2D eigenvalue weighted by atomic mass is 19.1. The van der Waals surface area contributed by atoms with Crippen molar-refractivity contribution in [1.82, 2.24) is 9.97 Å². The molecule has 0 bridgehead atoms. The van der Waals surface area contributed by atoms with Gasteiger partial charge < -0.3 is 10.3 Å². The molecule has 0 saturated heterocycles. The van der Waals surface area contributed by atoms with E-state index < -0.39 is 5.82 Å². The van der Waals surface area contributed by atoms with Crippen LogP contribution in [-0.4, -0.2) is 9.97 Å². The van der Waals surface area contributed by atoms with E-state index in [4.69, 9.17) is 5.26 Å². The van der Waals surface area contributed by atoms with Crippen molar-refractivity contribution in [2.24, 2.45) is 0 Å². The summed E-state index contributed by atoms with van der Waals surface area (Å²) in [5, 5.41) is 11.6. The van der Waals surface area contributed by atoms with Crippen molar-refractivity contribution >= 4 is 5.69 Å². The van der Waals surface area contributed by atoms with Gasteiger partial charge in [0.1, 0.15) is 11.6 Å². The lowest BCUT2D eigenvalue weighted by Crippen LogP contribution is -2.02. The van der Waals surface area contributed by atoms with Crippen LogP contribution in [0.1, 0.15) is 17.1 Å². The molecular formula is C12H11FN4. The van der Waals surface area contributed by atoms with E-state index >= 15 is 0 Å². The van der Waals surface area contributed by atoms with E-state index in [0.29, 0.717) is 17.8 Å². The Morgan fingerprint density at radius 3 is 2.94 bits per heavy atom. The quantitative estimate of drug-likeness (QED) is 0.850. The first-order chi connectivity index (χ1) is 8.19. The van der Waals surface area contributed by atoms with Gasteiger partial charge in [-0.15, -0.1) is 0 Å². The van der Waals surface area contributed by atoms with Crippen LogP contribution < -0.4 is 5.32 Å². The average molecular weight is 230 g/mol. The van der Waals surface area contributed by atoms with Gasteiger partial charge in [0.25, 0.3) is 0 Å². The summed E-state index contributed by atoms with van der Waals surface area (Å²) < 4.78 is 13.5. The molecule has 1 aromatic heterocycles. The summed E-state index contributed by atoms with van der Waals surface area (Å²) in [6, 6.07) is 6.22. The Kier molecular flexibility index (Phi) is 3.06. The van der Waals surface area contributed by atoms with Gasteiger partial charge in [0.2, 0.25) is 0 Å². The van der Waals surface area contributed by atoms with E-state index in [0.717, 1.165) is 11.5 Å². The average Bonchev–Trinajstić information content (AvgIpc) is 2.73. The highest BCUT2D eigenvalue weighted by molar-refractivity contribution is 5.48. The third kappa shape index (κ3) is 2.61. The number of anilines is 1. The number of aromatic amines is 1. The SMILES string of the molecule is Cc1ncc(CNc2ccc(C#N)cc2F)[nH]1. The molecule has 1 heterocycles. The van der Waals surface area contributed by atoms with Crippen LogP contribution >= 0.6 is 0 Å². The maximum atomic E-state index is 13.5. The van der Waals surface area contributed by atoms with E-state index in [9.17, 15) is 4.39 Å². The van der Waals surface area contributed by atoms with Crippen LogP contribution in [0.2, 0.25) is 0 Å². The molecule has 5 heteroatoms. The molecular weight excluding hydrogens is 219 g/mol. The highest BCUT2D eigenvalue weighted by Crippen LogP contribution is 2.16. The van der Waals surface area contributed by atoms with E-state index in [-0.39, 0.29) is 0 Å². The Morgan fingerprint density at radius 2 is 2.35 bits per heavy atom. The second-order valence-corrected chi connectivity index (χ2v) is 3.65. The normalized spacial score (nSPS) is 9.94. The molecule has 4 nitrogen and oxygen atoms in total. The van der Waals surface area contributed by atoms with Crippen molar-refractivity contribution in [3.05, 3.63) is 47.3 Å². The third-order valence-corrected chi connectivity index (χ3v) is 2.32. The predicted molar refractivity (Wildman–Crippen MR) is 61.8 cm³/mol. The molecule has 0 unspecified atom stereocenters. The molecule has 2 N–H and O–H groups in total. The van der Waals surface area contributed by atoms with Crippen LogP contribution in [0.25, 0.3) is 0 Å². The van der Waals surface area contributed by atoms with Crippen molar-refractivity contribution in [3.8, 4) is 6.07 Å². The summed E-state index contributed by atoms with van der Waals surface area (Å²) in [5.41, 5.74) is 1.56. The Bertz CT molecular complexity index is 568. The standard InChI is InChI=1S/C12H11FN4/c1-8-15-6-10(17-8)7-16-12-3-2-9(5-14)4-11(12)13/h2-4,6,16H,7H2,1H3,(H,15,17). The Balaban J connectivity index is 2.07. The molecule has 1 aromatic carbocycles. The van der Waals surface area contributed by atoms with Gasteiger partial charge in [0.05, 0.1) is 35.8 Å². The topological polar surface area (TPSA) is 64.5 Å². The largest absolute Gasteiger partial charge is 0.377 e. The van der Waals surface area contributed by atoms with Crippen LogP contribution in [0.5, 0.6) is 0 Å². The lowest BCUT2D eigenvalue weighted by molar-refractivity contribution is 0.629. The molecule has 0 radical (unpaired) electrons. The minimum Gasteiger partial charge on any atom is -0.377 e. The Labute approximate surface area is 98.1 Å². The summed E-state index contributed by atoms with van der Waals surface area (Å²) in [6.45, 7) is 2.31. The van der Waals surface area contributed by atoms with Gasteiger partial charge in [-0.3, -0.25) is 0 Å². The van der Waals surface area contributed by atoms with Crippen LogP contribution in [0, 0.1) is 24.1 Å². The van der Waals surface area contributed by atoms with Gasteiger partial charge in [-0.25, -0.2) is 9.37 Å². The predicted octanol–water partition coefficient (Wildman–Crippen LogP) is 2.34. The second-order valence-electron chi connectivity index (χ2n) is 3.65. The Morgan fingerprint density at radius 1 is 1.53 bits per heavy atom. The number of hydrogen-bond donors (Lipinski definition) is 2. The van der Waals surface area contributed by atoms with Crippen molar-refractivity contribution in [2.45, 2.75) is 13.5 Å². The first-order valence-corrected chi connectivity index (χ1v) is 5.13. The summed E-state index contributed by atoms with van der Waals surface area (Å²) in [6.07, 6.45) is 1.70. The van der Waals surface area contributed by atoms with E-state index in [1.54, 1.807) is 18.3 Å².